The fourth-order valence-electron chi connectivity index (χ4n) is 1.74. The zero-order valence-electron chi connectivity index (χ0n) is 11.5. The summed E-state index contributed by atoms with van der Waals surface area (Å²) in [7, 11) is 0. The molecule has 1 amide bonds. The Morgan fingerprint density at radius 1 is 1.00 bits per heavy atom. The van der Waals surface area contributed by atoms with Gasteiger partial charge in [-0.2, -0.15) is 0 Å². The third-order valence-electron chi connectivity index (χ3n) is 2.79. The van der Waals surface area contributed by atoms with Crippen molar-refractivity contribution in [3.63, 3.8) is 0 Å². The SMILES string of the molecule is O=C(NCC(=O)c1cc(F)cc(F)c1)OCc1ccccc1. The molecule has 1 N–H and O–H groups in total. The minimum absolute atomic E-state index is 0.0649. The zero-order chi connectivity index (χ0) is 15.9. The van der Waals surface area contributed by atoms with E-state index in [4.69, 9.17) is 4.74 Å². The molecule has 2 aromatic rings. The van der Waals surface area contributed by atoms with Crippen molar-refractivity contribution in [2.45, 2.75) is 6.61 Å². The van der Waals surface area contributed by atoms with Crippen LogP contribution >= 0.6 is 0 Å². The van der Waals surface area contributed by atoms with E-state index in [1.54, 1.807) is 24.3 Å². The van der Waals surface area contributed by atoms with Gasteiger partial charge in [0.05, 0.1) is 6.54 Å². The van der Waals surface area contributed by atoms with Gasteiger partial charge in [-0.15, -0.1) is 0 Å². The Kier molecular flexibility index (Phi) is 5.19. The van der Waals surface area contributed by atoms with Crippen molar-refractivity contribution in [3.8, 4) is 0 Å². The topological polar surface area (TPSA) is 55.4 Å². The molecule has 0 unspecified atom stereocenters. The molecule has 2 aromatic carbocycles. The van der Waals surface area contributed by atoms with E-state index in [0.29, 0.717) is 6.07 Å². The fraction of sp³-hybridized carbons (Fsp3) is 0.125. The zero-order valence-corrected chi connectivity index (χ0v) is 11.5. The van der Waals surface area contributed by atoms with Crippen molar-refractivity contribution in [1.29, 1.82) is 0 Å². The Morgan fingerprint density at radius 2 is 1.64 bits per heavy atom. The summed E-state index contributed by atoms with van der Waals surface area (Å²) in [5, 5.41) is 2.23. The largest absolute Gasteiger partial charge is 0.445 e. The second kappa shape index (κ2) is 7.31. The van der Waals surface area contributed by atoms with E-state index in [0.717, 1.165) is 17.7 Å². The molecule has 0 aliphatic rings. The highest BCUT2D eigenvalue weighted by Gasteiger charge is 2.11. The number of Topliss-reactive ketones (excluding diaryl/α,β-unsaturated/α-hetero) is 1. The summed E-state index contributed by atoms with van der Waals surface area (Å²) in [6.07, 6.45) is -0.783. The molecule has 0 atom stereocenters. The monoisotopic (exact) mass is 305 g/mol. The average molecular weight is 305 g/mol. The van der Waals surface area contributed by atoms with Gasteiger partial charge in [-0.1, -0.05) is 30.3 Å². The Balaban J connectivity index is 1.81. The molecule has 0 radical (unpaired) electrons. The molecule has 6 heteroatoms. The molecule has 0 bridgehead atoms. The molecule has 22 heavy (non-hydrogen) atoms. The van der Waals surface area contributed by atoms with Crippen molar-refractivity contribution < 1.29 is 23.1 Å². The predicted molar refractivity (Wildman–Crippen MR) is 75.3 cm³/mol. The highest BCUT2D eigenvalue weighted by Crippen LogP contribution is 2.08. The summed E-state index contributed by atoms with van der Waals surface area (Å²) in [6.45, 7) is -0.341. The quantitative estimate of drug-likeness (QED) is 0.864. The Morgan fingerprint density at radius 3 is 2.27 bits per heavy atom. The van der Waals surface area contributed by atoms with Gasteiger partial charge in [0.15, 0.2) is 5.78 Å². The van der Waals surface area contributed by atoms with Crippen molar-refractivity contribution in [1.82, 2.24) is 5.32 Å². The molecular formula is C16H13F2NO3. The lowest BCUT2D eigenvalue weighted by molar-refractivity contribution is 0.0973. The first-order chi connectivity index (χ1) is 10.5. The number of ether oxygens (including phenoxy) is 1. The van der Waals surface area contributed by atoms with Gasteiger partial charge in [-0.3, -0.25) is 4.79 Å². The summed E-state index contributed by atoms with van der Waals surface area (Å²) in [5.74, 6) is -2.32. The van der Waals surface area contributed by atoms with Crippen LogP contribution in [-0.4, -0.2) is 18.4 Å². The average Bonchev–Trinajstić information content (AvgIpc) is 2.50. The number of carbonyl (C=O) groups is 2. The maximum absolute atomic E-state index is 13.0. The van der Waals surface area contributed by atoms with E-state index in [2.05, 4.69) is 5.32 Å². The van der Waals surface area contributed by atoms with Gasteiger partial charge < -0.3 is 10.1 Å². The first-order valence-corrected chi connectivity index (χ1v) is 6.48. The number of rotatable bonds is 5. The molecule has 2 rings (SSSR count). The molecule has 0 aromatic heterocycles. The molecule has 0 aliphatic heterocycles. The Bertz CT molecular complexity index is 654. The second-order valence-electron chi connectivity index (χ2n) is 4.50. The molecular weight excluding hydrogens is 292 g/mol. The molecule has 0 saturated heterocycles. The van der Waals surface area contributed by atoms with E-state index in [9.17, 15) is 18.4 Å². The first kappa shape index (κ1) is 15.6. The molecule has 0 saturated carbocycles. The highest BCUT2D eigenvalue weighted by atomic mass is 19.1. The second-order valence-corrected chi connectivity index (χ2v) is 4.50. The summed E-state index contributed by atoms with van der Waals surface area (Å²) >= 11 is 0. The lowest BCUT2D eigenvalue weighted by Gasteiger charge is -2.07. The van der Waals surface area contributed by atoms with E-state index in [-0.39, 0.29) is 12.2 Å². The number of nitrogens with one attached hydrogen (secondary N) is 1. The lowest BCUT2D eigenvalue weighted by Crippen LogP contribution is -2.30. The van der Waals surface area contributed by atoms with Crippen LogP contribution in [0.3, 0.4) is 0 Å². The van der Waals surface area contributed by atoms with Crippen LogP contribution in [0.4, 0.5) is 13.6 Å². The van der Waals surface area contributed by atoms with Crippen molar-refractivity contribution >= 4 is 11.9 Å². The van der Waals surface area contributed by atoms with Gasteiger partial charge in [0.2, 0.25) is 0 Å². The standard InChI is InChI=1S/C16H13F2NO3/c17-13-6-12(7-14(18)8-13)15(20)9-19-16(21)22-10-11-4-2-1-3-5-11/h1-8H,9-10H2,(H,19,21). The number of alkyl carbamates (subject to hydrolysis) is 1. The van der Waals surface area contributed by atoms with E-state index < -0.39 is 30.1 Å². The minimum Gasteiger partial charge on any atom is -0.445 e. The molecule has 0 fully saturated rings. The molecule has 4 nitrogen and oxygen atoms in total. The van der Waals surface area contributed by atoms with Crippen molar-refractivity contribution in [2.24, 2.45) is 0 Å². The Hall–Kier alpha value is -2.76. The normalized spacial score (nSPS) is 10.1. The fourth-order valence-corrected chi connectivity index (χ4v) is 1.74. The number of hydrogen-bond acceptors (Lipinski definition) is 3. The summed E-state index contributed by atoms with van der Waals surface area (Å²) in [5.41, 5.74) is 0.650. The third kappa shape index (κ3) is 4.66. The number of carbonyl (C=O) groups excluding carboxylic acids is 2. The molecule has 0 aliphatic carbocycles. The van der Waals surface area contributed by atoms with E-state index >= 15 is 0 Å². The van der Waals surface area contributed by atoms with E-state index in [1.807, 2.05) is 6.07 Å². The van der Waals surface area contributed by atoms with Crippen LogP contribution in [0.15, 0.2) is 48.5 Å². The number of ketones is 1. The van der Waals surface area contributed by atoms with Gasteiger partial charge in [-0.25, -0.2) is 13.6 Å². The van der Waals surface area contributed by atoms with Crippen LogP contribution in [0.2, 0.25) is 0 Å². The maximum atomic E-state index is 13.0. The molecule has 0 heterocycles. The van der Waals surface area contributed by atoms with Gasteiger partial charge in [0, 0.05) is 11.6 Å². The van der Waals surface area contributed by atoms with Crippen LogP contribution in [0.25, 0.3) is 0 Å². The van der Waals surface area contributed by atoms with E-state index in [1.165, 1.54) is 0 Å². The third-order valence-corrected chi connectivity index (χ3v) is 2.79. The van der Waals surface area contributed by atoms with Crippen LogP contribution in [0.5, 0.6) is 0 Å². The minimum atomic E-state index is -0.852. The van der Waals surface area contributed by atoms with Crippen LogP contribution in [-0.2, 0) is 11.3 Å². The number of hydrogen-bond donors (Lipinski definition) is 1. The lowest BCUT2D eigenvalue weighted by atomic mass is 10.1. The van der Waals surface area contributed by atoms with Gasteiger partial charge in [0.25, 0.3) is 0 Å². The predicted octanol–water partition coefficient (Wildman–Crippen LogP) is 3.07. The summed E-state index contributed by atoms with van der Waals surface area (Å²) in [6, 6.07) is 11.5. The van der Waals surface area contributed by atoms with Gasteiger partial charge >= 0.3 is 6.09 Å². The molecule has 0 spiro atoms. The summed E-state index contributed by atoms with van der Waals surface area (Å²) < 4.78 is 30.9. The maximum Gasteiger partial charge on any atom is 0.407 e. The van der Waals surface area contributed by atoms with Crippen LogP contribution < -0.4 is 5.32 Å². The number of amides is 1. The number of halogens is 2. The van der Waals surface area contributed by atoms with Crippen molar-refractivity contribution in [2.75, 3.05) is 6.54 Å². The smallest absolute Gasteiger partial charge is 0.407 e. The summed E-state index contributed by atoms with van der Waals surface area (Å²) in [4.78, 5) is 23.2. The van der Waals surface area contributed by atoms with Crippen molar-refractivity contribution in [3.05, 3.63) is 71.3 Å². The first-order valence-electron chi connectivity index (χ1n) is 6.48. The molecule has 114 valence electrons. The highest BCUT2D eigenvalue weighted by molar-refractivity contribution is 5.98. The van der Waals surface area contributed by atoms with Crippen LogP contribution in [0.1, 0.15) is 15.9 Å². The van der Waals surface area contributed by atoms with Gasteiger partial charge in [-0.05, 0) is 17.7 Å². The Labute approximate surface area is 125 Å². The van der Waals surface area contributed by atoms with Crippen LogP contribution in [0, 0.1) is 11.6 Å². The number of benzene rings is 2. The van der Waals surface area contributed by atoms with Gasteiger partial charge in [0.1, 0.15) is 18.2 Å².